The number of para-hydroxylation sites is 1. The molecule has 100 valence electrons. The van der Waals surface area contributed by atoms with E-state index in [1.807, 2.05) is 47.0 Å². The molecule has 0 aliphatic rings. The van der Waals surface area contributed by atoms with Gasteiger partial charge in [0.1, 0.15) is 0 Å². The quantitative estimate of drug-likeness (QED) is 0.714. The van der Waals surface area contributed by atoms with Crippen molar-refractivity contribution in [3.8, 4) is 5.69 Å². The number of anilines is 2. The summed E-state index contributed by atoms with van der Waals surface area (Å²) in [6.07, 6.45) is 0. The number of aromatic nitrogens is 3. The molecule has 0 aliphatic carbocycles. The highest BCUT2D eigenvalue weighted by Crippen LogP contribution is 2.19. The summed E-state index contributed by atoms with van der Waals surface area (Å²) in [4.78, 5) is 0. The van der Waals surface area contributed by atoms with Crippen LogP contribution in [0.4, 0.5) is 11.6 Å². The third kappa shape index (κ3) is 2.48. The van der Waals surface area contributed by atoms with Crippen LogP contribution in [0.1, 0.15) is 5.56 Å². The smallest absolute Gasteiger partial charge is 0.232 e. The molecule has 0 aliphatic heterocycles. The molecular weight excluding hydrogens is 268 g/mol. The average Bonchev–Trinajstić information content (AvgIpc) is 2.82. The Morgan fingerprint density at radius 2 is 1.75 bits per heavy atom. The van der Waals surface area contributed by atoms with E-state index in [1.54, 1.807) is 0 Å². The van der Waals surface area contributed by atoms with Gasteiger partial charge in [-0.05, 0) is 43.4 Å². The van der Waals surface area contributed by atoms with Gasteiger partial charge in [-0.3, -0.25) is 4.57 Å². The van der Waals surface area contributed by atoms with Gasteiger partial charge in [0.05, 0.1) is 5.69 Å². The number of nitrogens with one attached hydrogen (secondary N) is 2. The largest absolute Gasteiger partial charge is 0.324 e. The number of benzene rings is 2. The molecule has 1 heterocycles. The lowest BCUT2D eigenvalue weighted by molar-refractivity contribution is 1.03. The molecule has 0 radical (unpaired) electrons. The first-order valence-corrected chi connectivity index (χ1v) is 6.71. The summed E-state index contributed by atoms with van der Waals surface area (Å²) < 4.78 is 2.44. The first-order valence-electron chi connectivity index (χ1n) is 6.30. The Morgan fingerprint density at radius 1 is 1.05 bits per heavy atom. The third-order valence-corrected chi connectivity index (χ3v) is 3.27. The monoisotopic (exact) mass is 282 g/mol. The Kier molecular flexibility index (Phi) is 3.35. The van der Waals surface area contributed by atoms with Crippen molar-refractivity contribution in [1.29, 1.82) is 0 Å². The van der Waals surface area contributed by atoms with Gasteiger partial charge in [0.2, 0.25) is 10.7 Å². The zero-order valence-corrected chi connectivity index (χ0v) is 11.8. The predicted molar refractivity (Wildman–Crippen MR) is 83.2 cm³/mol. The lowest BCUT2D eigenvalue weighted by Crippen LogP contribution is -2.01. The van der Waals surface area contributed by atoms with Crippen molar-refractivity contribution in [3.63, 3.8) is 0 Å². The number of H-pyrrole nitrogens is 1. The van der Waals surface area contributed by atoms with Crippen molar-refractivity contribution >= 4 is 23.9 Å². The summed E-state index contributed by atoms with van der Waals surface area (Å²) in [5.74, 6) is 0.671. The Bertz CT molecular complexity index is 757. The summed E-state index contributed by atoms with van der Waals surface area (Å²) in [5, 5.41) is 10.3. The molecule has 20 heavy (non-hydrogen) atoms. The highest BCUT2D eigenvalue weighted by atomic mass is 32.1. The van der Waals surface area contributed by atoms with E-state index in [1.165, 1.54) is 5.56 Å². The summed E-state index contributed by atoms with van der Waals surface area (Å²) in [6.45, 7) is 2.06. The summed E-state index contributed by atoms with van der Waals surface area (Å²) in [7, 11) is 0. The minimum absolute atomic E-state index is 0.562. The Hall–Kier alpha value is -2.40. The van der Waals surface area contributed by atoms with E-state index in [0.717, 1.165) is 11.4 Å². The maximum Gasteiger partial charge on any atom is 0.232 e. The minimum Gasteiger partial charge on any atom is -0.324 e. The van der Waals surface area contributed by atoms with Gasteiger partial charge in [0.25, 0.3) is 0 Å². The first-order chi connectivity index (χ1) is 9.74. The number of aromatic amines is 1. The third-order valence-electron chi connectivity index (χ3n) is 2.99. The molecule has 0 bridgehead atoms. The van der Waals surface area contributed by atoms with E-state index in [0.29, 0.717) is 10.7 Å². The van der Waals surface area contributed by atoms with Crippen LogP contribution in [0.3, 0.4) is 0 Å². The maximum absolute atomic E-state index is 5.31. The normalized spacial score (nSPS) is 10.4. The van der Waals surface area contributed by atoms with Crippen molar-refractivity contribution in [1.82, 2.24) is 14.8 Å². The summed E-state index contributed by atoms with van der Waals surface area (Å²) in [6, 6.07) is 18.0. The molecule has 0 fully saturated rings. The van der Waals surface area contributed by atoms with Crippen LogP contribution in [0.25, 0.3) is 5.69 Å². The summed E-state index contributed by atoms with van der Waals surface area (Å²) in [5.41, 5.74) is 3.16. The maximum atomic E-state index is 5.31. The van der Waals surface area contributed by atoms with E-state index in [4.69, 9.17) is 12.2 Å². The second kappa shape index (κ2) is 5.30. The molecule has 0 unspecified atom stereocenters. The number of aryl methyl sites for hydroxylation is 1. The fraction of sp³-hybridized carbons (Fsp3) is 0.0667. The fourth-order valence-electron chi connectivity index (χ4n) is 1.96. The van der Waals surface area contributed by atoms with Crippen molar-refractivity contribution in [2.75, 3.05) is 5.32 Å². The zero-order chi connectivity index (χ0) is 13.9. The lowest BCUT2D eigenvalue weighted by Gasteiger charge is -2.09. The van der Waals surface area contributed by atoms with E-state index < -0.39 is 0 Å². The molecule has 0 atom stereocenters. The first kappa shape index (κ1) is 12.6. The van der Waals surface area contributed by atoms with Gasteiger partial charge in [-0.15, -0.1) is 5.10 Å². The standard InChI is InChI=1S/C15H14N4S/c1-11-7-9-13(10-8-11)19-14(17-18-15(19)20)16-12-5-3-2-4-6-12/h2-10H,1H3,(H,16,17)(H,18,20). The van der Waals surface area contributed by atoms with Crippen molar-refractivity contribution in [2.24, 2.45) is 0 Å². The molecule has 5 heteroatoms. The highest BCUT2D eigenvalue weighted by Gasteiger charge is 2.08. The molecule has 0 saturated carbocycles. The van der Waals surface area contributed by atoms with Crippen LogP contribution in [0.15, 0.2) is 54.6 Å². The highest BCUT2D eigenvalue weighted by molar-refractivity contribution is 7.71. The van der Waals surface area contributed by atoms with Crippen LogP contribution in [-0.4, -0.2) is 14.8 Å². The Labute approximate surface area is 122 Å². The van der Waals surface area contributed by atoms with Crippen molar-refractivity contribution < 1.29 is 0 Å². The number of nitrogens with zero attached hydrogens (tertiary/aromatic N) is 2. The van der Waals surface area contributed by atoms with Crippen molar-refractivity contribution in [2.45, 2.75) is 6.92 Å². The van der Waals surface area contributed by atoms with Gasteiger partial charge in [-0.25, -0.2) is 5.10 Å². The Morgan fingerprint density at radius 3 is 2.45 bits per heavy atom. The molecule has 4 nitrogen and oxygen atoms in total. The van der Waals surface area contributed by atoms with Crippen LogP contribution < -0.4 is 5.32 Å². The van der Waals surface area contributed by atoms with Gasteiger partial charge < -0.3 is 5.32 Å². The van der Waals surface area contributed by atoms with Gasteiger partial charge in [0.15, 0.2) is 0 Å². The minimum atomic E-state index is 0.562. The van der Waals surface area contributed by atoms with E-state index >= 15 is 0 Å². The van der Waals surface area contributed by atoms with E-state index in [9.17, 15) is 0 Å². The van der Waals surface area contributed by atoms with Gasteiger partial charge >= 0.3 is 0 Å². The topological polar surface area (TPSA) is 45.6 Å². The second-order valence-corrected chi connectivity index (χ2v) is 4.90. The second-order valence-electron chi connectivity index (χ2n) is 4.51. The SMILES string of the molecule is Cc1ccc(-n2c(Nc3ccccc3)n[nH]c2=S)cc1. The van der Waals surface area contributed by atoms with Crippen molar-refractivity contribution in [3.05, 3.63) is 64.9 Å². The zero-order valence-electron chi connectivity index (χ0n) is 11.0. The lowest BCUT2D eigenvalue weighted by atomic mass is 10.2. The Balaban J connectivity index is 2.02. The molecule has 0 spiro atoms. The number of rotatable bonds is 3. The van der Waals surface area contributed by atoms with Crippen LogP contribution in [0.2, 0.25) is 0 Å². The molecule has 3 aromatic rings. The average molecular weight is 282 g/mol. The van der Waals surface area contributed by atoms with Crippen LogP contribution in [0, 0.1) is 11.7 Å². The summed E-state index contributed by atoms with van der Waals surface area (Å²) >= 11 is 5.31. The number of hydrogen-bond acceptors (Lipinski definition) is 3. The molecule has 2 N–H and O–H groups in total. The molecule has 0 saturated heterocycles. The van der Waals surface area contributed by atoms with Crippen LogP contribution >= 0.6 is 12.2 Å². The van der Waals surface area contributed by atoms with E-state index in [2.05, 4.69) is 34.6 Å². The van der Waals surface area contributed by atoms with Crippen LogP contribution in [-0.2, 0) is 0 Å². The predicted octanol–water partition coefficient (Wildman–Crippen LogP) is 3.98. The van der Waals surface area contributed by atoms with Gasteiger partial charge in [-0.1, -0.05) is 35.9 Å². The van der Waals surface area contributed by atoms with Gasteiger partial charge in [0, 0.05) is 5.69 Å². The molecule has 2 aromatic carbocycles. The van der Waals surface area contributed by atoms with Gasteiger partial charge in [-0.2, -0.15) is 0 Å². The molecular formula is C15H14N4S. The molecule has 1 aromatic heterocycles. The van der Waals surface area contributed by atoms with Crippen LogP contribution in [0.5, 0.6) is 0 Å². The molecule has 3 rings (SSSR count). The van der Waals surface area contributed by atoms with E-state index in [-0.39, 0.29) is 0 Å². The molecule has 0 amide bonds. The number of hydrogen-bond donors (Lipinski definition) is 2. The fourth-order valence-corrected chi connectivity index (χ4v) is 2.20.